The van der Waals surface area contributed by atoms with Crippen molar-refractivity contribution in [2.24, 2.45) is 4.99 Å². The summed E-state index contributed by atoms with van der Waals surface area (Å²) in [7, 11) is 5.68. The van der Waals surface area contributed by atoms with E-state index in [-0.39, 0.29) is 24.0 Å². The average molecular weight is 492 g/mol. The van der Waals surface area contributed by atoms with Gasteiger partial charge in [0.15, 0.2) is 5.96 Å². The third-order valence-electron chi connectivity index (χ3n) is 3.92. The Labute approximate surface area is 182 Å². The van der Waals surface area contributed by atoms with Crippen molar-refractivity contribution in [3.8, 4) is 11.5 Å². The predicted molar refractivity (Wildman–Crippen MR) is 123 cm³/mol. The standard InChI is InChI=1S/C20H24N6O.HI/c1-21-20(22-12-16-10-7-11-18(24-16)26(2)3)23-13-17-14-27-19(25-17)15-8-5-4-6-9-15;/h4-11,14H,12-13H2,1-3H3,(H2,21,22,23);1H. The van der Waals surface area contributed by atoms with Gasteiger partial charge in [0.05, 0.1) is 24.5 Å². The molecule has 2 heterocycles. The van der Waals surface area contributed by atoms with Crippen LogP contribution >= 0.6 is 24.0 Å². The topological polar surface area (TPSA) is 78.6 Å². The van der Waals surface area contributed by atoms with Gasteiger partial charge in [0.25, 0.3) is 0 Å². The van der Waals surface area contributed by atoms with E-state index in [0.29, 0.717) is 24.9 Å². The zero-order valence-electron chi connectivity index (χ0n) is 16.2. The summed E-state index contributed by atoms with van der Waals surface area (Å²) >= 11 is 0. The lowest BCUT2D eigenvalue weighted by Gasteiger charge is -2.14. The van der Waals surface area contributed by atoms with Crippen LogP contribution in [0, 0.1) is 0 Å². The SMILES string of the molecule is CN=C(NCc1cccc(N(C)C)n1)NCc1coc(-c2ccccc2)n1.I. The molecule has 2 N–H and O–H groups in total. The number of hydrogen-bond acceptors (Lipinski definition) is 5. The number of hydrogen-bond donors (Lipinski definition) is 2. The van der Waals surface area contributed by atoms with E-state index in [9.17, 15) is 0 Å². The number of guanidine groups is 1. The molecule has 0 aliphatic heterocycles. The van der Waals surface area contributed by atoms with Crippen molar-refractivity contribution < 1.29 is 4.42 Å². The molecule has 0 bridgehead atoms. The van der Waals surface area contributed by atoms with Crippen molar-refractivity contribution in [3.63, 3.8) is 0 Å². The Balaban J connectivity index is 0.00000280. The number of nitrogens with one attached hydrogen (secondary N) is 2. The summed E-state index contributed by atoms with van der Waals surface area (Å²) < 4.78 is 5.56. The second-order valence-electron chi connectivity index (χ2n) is 6.17. The Hall–Kier alpha value is -2.62. The maximum absolute atomic E-state index is 5.56. The largest absolute Gasteiger partial charge is 0.444 e. The van der Waals surface area contributed by atoms with E-state index in [0.717, 1.165) is 22.8 Å². The fraction of sp³-hybridized carbons (Fsp3) is 0.250. The number of oxazole rings is 1. The van der Waals surface area contributed by atoms with Crippen molar-refractivity contribution >= 4 is 35.8 Å². The molecule has 0 spiro atoms. The highest BCUT2D eigenvalue weighted by Gasteiger charge is 2.07. The molecule has 0 radical (unpaired) electrons. The number of pyridine rings is 1. The van der Waals surface area contributed by atoms with Gasteiger partial charge in [-0.05, 0) is 24.3 Å². The minimum atomic E-state index is 0. The number of rotatable bonds is 6. The smallest absolute Gasteiger partial charge is 0.226 e. The lowest BCUT2D eigenvalue weighted by molar-refractivity contribution is 0.572. The quantitative estimate of drug-likeness (QED) is 0.313. The van der Waals surface area contributed by atoms with Crippen molar-refractivity contribution in [1.82, 2.24) is 20.6 Å². The second-order valence-corrected chi connectivity index (χ2v) is 6.17. The molecule has 7 nitrogen and oxygen atoms in total. The van der Waals surface area contributed by atoms with E-state index < -0.39 is 0 Å². The first-order valence-electron chi connectivity index (χ1n) is 8.73. The molecule has 8 heteroatoms. The zero-order chi connectivity index (χ0) is 19.1. The summed E-state index contributed by atoms with van der Waals surface area (Å²) in [6.07, 6.45) is 1.66. The Morgan fingerprint density at radius 1 is 0.964 bits per heavy atom. The van der Waals surface area contributed by atoms with Gasteiger partial charge in [-0.15, -0.1) is 24.0 Å². The van der Waals surface area contributed by atoms with Crippen LogP contribution in [0.3, 0.4) is 0 Å². The number of halogens is 1. The molecule has 0 saturated heterocycles. The fourth-order valence-corrected chi connectivity index (χ4v) is 2.49. The normalized spacial score (nSPS) is 10.9. The summed E-state index contributed by atoms with van der Waals surface area (Å²) in [5.74, 6) is 2.21. The average Bonchev–Trinajstić information content (AvgIpc) is 3.18. The van der Waals surface area contributed by atoms with Gasteiger partial charge in [-0.25, -0.2) is 9.97 Å². The number of aliphatic imine (C=N–C) groups is 1. The van der Waals surface area contributed by atoms with Crippen molar-refractivity contribution in [2.45, 2.75) is 13.1 Å². The number of anilines is 1. The maximum atomic E-state index is 5.56. The number of nitrogens with zero attached hydrogens (tertiary/aromatic N) is 4. The summed E-state index contributed by atoms with van der Waals surface area (Å²) in [5, 5.41) is 6.50. The molecular weight excluding hydrogens is 467 g/mol. The van der Waals surface area contributed by atoms with E-state index in [4.69, 9.17) is 4.42 Å². The molecular formula is C20H25IN6O. The highest BCUT2D eigenvalue weighted by atomic mass is 127. The summed E-state index contributed by atoms with van der Waals surface area (Å²) in [6, 6.07) is 15.8. The molecule has 2 aromatic heterocycles. The molecule has 148 valence electrons. The lowest BCUT2D eigenvalue weighted by atomic mass is 10.2. The van der Waals surface area contributed by atoms with Crippen LogP contribution in [0.25, 0.3) is 11.5 Å². The van der Waals surface area contributed by atoms with Crippen molar-refractivity contribution in [2.75, 3.05) is 26.0 Å². The monoisotopic (exact) mass is 492 g/mol. The molecule has 0 saturated carbocycles. The van der Waals surface area contributed by atoms with E-state index in [1.165, 1.54) is 0 Å². The summed E-state index contributed by atoms with van der Waals surface area (Å²) in [6.45, 7) is 1.09. The van der Waals surface area contributed by atoms with Gasteiger partial charge in [-0.3, -0.25) is 4.99 Å². The van der Waals surface area contributed by atoms with Crippen LogP contribution < -0.4 is 15.5 Å². The van der Waals surface area contributed by atoms with Crippen LogP contribution in [0.5, 0.6) is 0 Å². The van der Waals surface area contributed by atoms with Gasteiger partial charge in [-0.1, -0.05) is 24.3 Å². The molecule has 1 aromatic carbocycles. The Kier molecular flexibility index (Phi) is 8.24. The van der Waals surface area contributed by atoms with Gasteiger partial charge in [0, 0.05) is 26.7 Å². The Morgan fingerprint density at radius 2 is 1.68 bits per heavy atom. The lowest BCUT2D eigenvalue weighted by Crippen LogP contribution is -2.36. The minimum absolute atomic E-state index is 0. The van der Waals surface area contributed by atoms with Crippen molar-refractivity contribution in [3.05, 3.63) is 66.2 Å². The van der Waals surface area contributed by atoms with Crippen molar-refractivity contribution in [1.29, 1.82) is 0 Å². The van der Waals surface area contributed by atoms with Crippen LogP contribution in [-0.2, 0) is 13.1 Å². The third-order valence-corrected chi connectivity index (χ3v) is 3.92. The molecule has 0 unspecified atom stereocenters. The van der Waals surface area contributed by atoms with Crippen LogP contribution in [0.2, 0.25) is 0 Å². The first-order chi connectivity index (χ1) is 13.2. The first kappa shape index (κ1) is 21.7. The van der Waals surface area contributed by atoms with E-state index in [1.807, 2.05) is 67.5 Å². The molecule has 3 aromatic rings. The highest BCUT2D eigenvalue weighted by Crippen LogP contribution is 2.17. The molecule has 0 aliphatic rings. The molecule has 0 fully saturated rings. The van der Waals surface area contributed by atoms with Gasteiger partial charge in [0.2, 0.25) is 5.89 Å². The Morgan fingerprint density at radius 3 is 2.36 bits per heavy atom. The van der Waals surface area contributed by atoms with Gasteiger partial charge in [0.1, 0.15) is 12.1 Å². The van der Waals surface area contributed by atoms with Gasteiger partial charge in [-0.2, -0.15) is 0 Å². The zero-order valence-corrected chi connectivity index (χ0v) is 18.5. The first-order valence-corrected chi connectivity index (χ1v) is 8.73. The van der Waals surface area contributed by atoms with Gasteiger partial charge < -0.3 is 20.0 Å². The molecule has 0 aliphatic carbocycles. The Bertz CT molecular complexity index is 894. The van der Waals surface area contributed by atoms with E-state index >= 15 is 0 Å². The van der Waals surface area contributed by atoms with E-state index in [1.54, 1.807) is 13.3 Å². The summed E-state index contributed by atoms with van der Waals surface area (Å²) in [5.41, 5.74) is 2.71. The number of benzene rings is 1. The predicted octanol–water partition coefficient (Wildman–Crippen LogP) is 3.29. The second kappa shape index (κ2) is 10.6. The van der Waals surface area contributed by atoms with Crippen LogP contribution in [0.15, 0.2) is 64.2 Å². The molecule has 0 atom stereocenters. The highest BCUT2D eigenvalue weighted by molar-refractivity contribution is 14.0. The molecule has 0 amide bonds. The maximum Gasteiger partial charge on any atom is 0.226 e. The van der Waals surface area contributed by atoms with Crippen LogP contribution in [0.4, 0.5) is 5.82 Å². The molecule has 28 heavy (non-hydrogen) atoms. The van der Waals surface area contributed by atoms with Crippen LogP contribution in [0.1, 0.15) is 11.4 Å². The summed E-state index contributed by atoms with van der Waals surface area (Å²) in [4.78, 5) is 15.3. The fourth-order valence-electron chi connectivity index (χ4n) is 2.49. The van der Waals surface area contributed by atoms with Gasteiger partial charge >= 0.3 is 0 Å². The number of aromatic nitrogens is 2. The van der Waals surface area contributed by atoms with E-state index in [2.05, 4.69) is 25.6 Å². The molecule has 3 rings (SSSR count). The third kappa shape index (κ3) is 5.95. The minimum Gasteiger partial charge on any atom is -0.444 e. The van der Waals surface area contributed by atoms with Crippen LogP contribution in [-0.4, -0.2) is 37.1 Å².